The van der Waals surface area contributed by atoms with Gasteiger partial charge in [0.15, 0.2) is 11.5 Å². The molecule has 0 radical (unpaired) electrons. The molecule has 1 aliphatic rings. The molecule has 0 bridgehead atoms. The summed E-state index contributed by atoms with van der Waals surface area (Å²) < 4.78 is 40.1. The number of hydrogen-bond acceptors (Lipinski definition) is 5. The van der Waals surface area contributed by atoms with E-state index in [0.717, 1.165) is 0 Å². The molecule has 2 rings (SSSR count). The van der Waals surface area contributed by atoms with Crippen LogP contribution in [0.5, 0.6) is 17.2 Å². The van der Waals surface area contributed by atoms with Crippen molar-refractivity contribution >= 4 is 5.97 Å². The molecule has 128 valence electrons. The van der Waals surface area contributed by atoms with Crippen LogP contribution in [0.15, 0.2) is 12.1 Å². The summed E-state index contributed by atoms with van der Waals surface area (Å²) in [7, 11) is 1.83. The van der Waals surface area contributed by atoms with Gasteiger partial charge in [0.2, 0.25) is 6.79 Å². The highest BCUT2D eigenvalue weighted by Crippen LogP contribution is 2.39. The summed E-state index contributed by atoms with van der Waals surface area (Å²) in [6.07, 6.45) is 1.40. The predicted molar refractivity (Wildman–Crippen MR) is 77.0 cm³/mol. The standard InChI is InChI=1S/C15H19F2NO5/c1-18(5-3-2-4-14(19)20)8-10-6-12-13(22-9-21-12)7-11(10)23-15(16)17/h6-7,15H,2-5,8-9H2,1H3,(H,19,20). The average molecular weight is 331 g/mol. The Morgan fingerprint density at radius 1 is 1.35 bits per heavy atom. The lowest BCUT2D eigenvalue weighted by atomic mass is 10.1. The largest absolute Gasteiger partial charge is 0.481 e. The molecule has 0 aromatic heterocycles. The van der Waals surface area contributed by atoms with Gasteiger partial charge in [-0.3, -0.25) is 4.79 Å². The van der Waals surface area contributed by atoms with Gasteiger partial charge in [-0.2, -0.15) is 8.78 Å². The molecule has 0 spiro atoms. The number of carboxylic acids is 1. The van der Waals surface area contributed by atoms with Crippen molar-refractivity contribution in [2.45, 2.75) is 32.4 Å². The second-order valence-corrected chi connectivity index (χ2v) is 5.28. The van der Waals surface area contributed by atoms with Gasteiger partial charge in [-0.05, 0) is 32.5 Å². The lowest BCUT2D eigenvalue weighted by molar-refractivity contribution is -0.137. The molecule has 0 saturated heterocycles. The Balaban J connectivity index is 1.98. The van der Waals surface area contributed by atoms with E-state index in [2.05, 4.69) is 4.74 Å². The monoisotopic (exact) mass is 331 g/mol. The van der Waals surface area contributed by atoms with E-state index in [1.165, 1.54) is 6.07 Å². The first-order valence-corrected chi connectivity index (χ1v) is 7.23. The van der Waals surface area contributed by atoms with Gasteiger partial charge in [0.05, 0.1) is 0 Å². The normalized spacial score (nSPS) is 12.9. The van der Waals surface area contributed by atoms with Crippen LogP contribution in [0.1, 0.15) is 24.8 Å². The van der Waals surface area contributed by atoms with Gasteiger partial charge in [0, 0.05) is 24.6 Å². The summed E-state index contributed by atoms with van der Waals surface area (Å²) in [5.74, 6) is 0.118. The molecular weight excluding hydrogens is 312 g/mol. The third kappa shape index (κ3) is 5.24. The second kappa shape index (κ2) is 7.96. The highest BCUT2D eigenvalue weighted by atomic mass is 19.3. The van der Waals surface area contributed by atoms with Gasteiger partial charge < -0.3 is 24.2 Å². The van der Waals surface area contributed by atoms with E-state index in [1.807, 2.05) is 11.9 Å². The summed E-state index contributed by atoms with van der Waals surface area (Å²) >= 11 is 0. The Kier molecular flexibility index (Phi) is 5.97. The number of halogens is 2. The number of unbranched alkanes of at least 4 members (excludes halogenated alkanes) is 1. The Labute approximate surface area is 132 Å². The smallest absolute Gasteiger partial charge is 0.387 e. The molecule has 1 aromatic carbocycles. The molecular formula is C15H19F2NO5. The number of rotatable bonds is 9. The maximum atomic E-state index is 12.6. The Morgan fingerprint density at radius 3 is 2.70 bits per heavy atom. The number of ether oxygens (including phenoxy) is 3. The zero-order valence-electron chi connectivity index (χ0n) is 12.8. The highest BCUT2D eigenvalue weighted by Gasteiger charge is 2.20. The van der Waals surface area contributed by atoms with Gasteiger partial charge in [-0.25, -0.2) is 0 Å². The molecule has 1 aliphatic heterocycles. The summed E-state index contributed by atoms with van der Waals surface area (Å²) in [5.41, 5.74) is 0.565. The fraction of sp³-hybridized carbons (Fsp3) is 0.533. The molecule has 1 aromatic rings. The molecule has 1 N–H and O–H groups in total. The van der Waals surface area contributed by atoms with Crippen molar-refractivity contribution in [2.75, 3.05) is 20.4 Å². The van der Waals surface area contributed by atoms with E-state index >= 15 is 0 Å². The average Bonchev–Trinajstić information content (AvgIpc) is 2.90. The van der Waals surface area contributed by atoms with Crippen LogP contribution >= 0.6 is 0 Å². The van der Waals surface area contributed by atoms with Gasteiger partial charge >= 0.3 is 12.6 Å². The molecule has 6 nitrogen and oxygen atoms in total. The van der Waals surface area contributed by atoms with Gasteiger partial charge in [0.25, 0.3) is 0 Å². The van der Waals surface area contributed by atoms with Crippen LogP contribution in [0.25, 0.3) is 0 Å². The Bertz CT molecular complexity index is 553. The van der Waals surface area contributed by atoms with Crippen molar-refractivity contribution in [2.24, 2.45) is 0 Å². The van der Waals surface area contributed by atoms with E-state index in [4.69, 9.17) is 14.6 Å². The third-order valence-electron chi connectivity index (χ3n) is 3.39. The van der Waals surface area contributed by atoms with E-state index in [-0.39, 0.29) is 19.0 Å². The lowest BCUT2D eigenvalue weighted by Crippen LogP contribution is -2.20. The minimum atomic E-state index is -2.92. The van der Waals surface area contributed by atoms with Crippen LogP contribution in [-0.4, -0.2) is 43.0 Å². The maximum Gasteiger partial charge on any atom is 0.387 e. The molecule has 0 atom stereocenters. The zero-order valence-corrected chi connectivity index (χ0v) is 12.8. The SMILES string of the molecule is CN(CCCCC(=O)O)Cc1cc2c(cc1OC(F)F)OCO2. The molecule has 0 amide bonds. The van der Waals surface area contributed by atoms with Crippen molar-refractivity contribution in [1.29, 1.82) is 0 Å². The van der Waals surface area contributed by atoms with E-state index in [0.29, 0.717) is 43.0 Å². The number of aliphatic carboxylic acids is 1. The van der Waals surface area contributed by atoms with Gasteiger partial charge in [-0.15, -0.1) is 0 Å². The number of nitrogens with zero attached hydrogens (tertiary/aromatic N) is 1. The van der Waals surface area contributed by atoms with Crippen molar-refractivity contribution < 1.29 is 32.9 Å². The molecule has 8 heteroatoms. The maximum absolute atomic E-state index is 12.6. The number of benzene rings is 1. The minimum absolute atomic E-state index is 0.0535. The molecule has 0 fully saturated rings. The van der Waals surface area contributed by atoms with Gasteiger partial charge in [0.1, 0.15) is 5.75 Å². The number of alkyl halides is 2. The second-order valence-electron chi connectivity index (χ2n) is 5.28. The minimum Gasteiger partial charge on any atom is -0.481 e. The van der Waals surface area contributed by atoms with Crippen LogP contribution < -0.4 is 14.2 Å². The van der Waals surface area contributed by atoms with E-state index in [9.17, 15) is 13.6 Å². The van der Waals surface area contributed by atoms with Crippen LogP contribution in [0.3, 0.4) is 0 Å². The summed E-state index contributed by atoms with van der Waals surface area (Å²) in [4.78, 5) is 12.4. The number of hydrogen-bond donors (Lipinski definition) is 1. The first-order chi connectivity index (χ1) is 11.0. The Morgan fingerprint density at radius 2 is 2.04 bits per heavy atom. The molecule has 0 aliphatic carbocycles. The van der Waals surface area contributed by atoms with Crippen molar-refractivity contribution in [1.82, 2.24) is 4.90 Å². The topological polar surface area (TPSA) is 68.2 Å². The molecule has 1 heterocycles. The Hall–Kier alpha value is -2.09. The zero-order chi connectivity index (χ0) is 16.8. The van der Waals surface area contributed by atoms with Gasteiger partial charge in [-0.1, -0.05) is 0 Å². The predicted octanol–water partition coefficient (Wildman–Crippen LogP) is 2.70. The lowest BCUT2D eigenvalue weighted by Gasteiger charge is -2.19. The van der Waals surface area contributed by atoms with Crippen LogP contribution in [0, 0.1) is 0 Å². The summed E-state index contributed by atoms with van der Waals surface area (Å²) in [6, 6.07) is 3.04. The molecule has 23 heavy (non-hydrogen) atoms. The fourth-order valence-electron chi connectivity index (χ4n) is 2.32. The number of carboxylic acid groups (broad SMARTS) is 1. The number of carbonyl (C=O) groups is 1. The highest BCUT2D eigenvalue weighted by molar-refractivity contribution is 5.66. The molecule has 0 unspecified atom stereocenters. The summed E-state index contributed by atoms with van der Waals surface area (Å²) in [6.45, 7) is -1.84. The first-order valence-electron chi connectivity index (χ1n) is 7.23. The first kappa shape index (κ1) is 17.3. The van der Waals surface area contributed by atoms with Crippen LogP contribution in [0.4, 0.5) is 8.78 Å². The van der Waals surface area contributed by atoms with Crippen molar-refractivity contribution in [3.8, 4) is 17.2 Å². The third-order valence-corrected chi connectivity index (χ3v) is 3.39. The fourth-order valence-corrected chi connectivity index (χ4v) is 2.32. The molecule has 0 saturated carbocycles. The van der Waals surface area contributed by atoms with Crippen molar-refractivity contribution in [3.63, 3.8) is 0 Å². The van der Waals surface area contributed by atoms with Crippen molar-refractivity contribution in [3.05, 3.63) is 17.7 Å². The van der Waals surface area contributed by atoms with E-state index < -0.39 is 12.6 Å². The van der Waals surface area contributed by atoms with Crippen LogP contribution in [0.2, 0.25) is 0 Å². The van der Waals surface area contributed by atoms with Crippen LogP contribution in [-0.2, 0) is 11.3 Å². The summed E-state index contributed by atoms with van der Waals surface area (Å²) in [5, 5.41) is 8.60. The number of fused-ring (bicyclic) bond motifs is 1. The van der Waals surface area contributed by atoms with E-state index in [1.54, 1.807) is 6.07 Å². The quantitative estimate of drug-likeness (QED) is 0.702.